The second-order valence-corrected chi connectivity index (χ2v) is 6.64. The molecule has 2 aromatic carbocycles. The highest BCUT2D eigenvalue weighted by atomic mass is 35.5. The monoisotopic (exact) mass is 422 g/mol. The number of nitrogens with zero attached hydrogens (tertiary/aromatic N) is 1. The molecule has 27 heavy (non-hydrogen) atoms. The third kappa shape index (κ3) is 4.63. The van der Waals surface area contributed by atoms with Crippen LogP contribution in [0.5, 0.6) is 0 Å². The number of carbonyl (C=O) groups excluding carboxylic acids is 1. The van der Waals surface area contributed by atoms with Gasteiger partial charge in [-0.15, -0.1) is 0 Å². The van der Waals surface area contributed by atoms with Gasteiger partial charge in [0.1, 0.15) is 11.5 Å². The van der Waals surface area contributed by atoms with E-state index in [1.54, 1.807) is 48.5 Å². The van der Waals surface area contributed by atoms with Crippen molar-refractivity contribution in [2.24, 2.45) is 5.10 Å². The molecule has 1 N–H and O–H groups in total. The van der Waals surface area contributed by atoms with Crippen LogP contribution >= 0.6 is 34.8 Å². The van der Waals surface area contributed by atoms with E-state index in [1.807, 2.05) is 0 Å². The Morgan fingerprint density at radius 2 is 1.74 bits per heavy atom. The van der Waals surface area contributed by atoms with E-state index in [4.69, 9.17) is 39.2 Å². The number of rotatable bonds is 5. The molecule has 0 radical (unpaired) electrons. The van der Waals surface area contributed by atoms with Crippen molar-refractivity contribution >= 4 is 52.7 Å². The molecule has 0 aliphatic heterocycles. The maximum atomic E-state index is 11.5. The normalized spacial score (nSPS) is 11.0. The maximum absolute atomic E-state index is 11.5. The predicted octanol–water partition coefficient (Wildman–Crippen LogP) is 6.14. The van der Waals surface area contributed by atoms with Crippen molar-refractivity contribution in [2.75, 3.05) is 12.5 Å². The van der Waals surface area contributed by atoms with Crippen LogP contribution < -0.4 is 5.43 Å². The molecule has 3 rings (SSSR count). The number of methoxy groups -OCH3 is 1. The summed E-state index contributed by atoms with van der Waals surface area (Å²) in [4.78, 5) is 11.5. The van der Waals surface area contributed by atoms with E-state index in [-0.39, 0.29) is 5.97 Å². The highest BCUT2D eigenvalue weighted by molar-refractivity contribution is 6.41. The molecule has 0 amide bonds. The van der Waals surface area contributed by atoms with Gasteiger partial charge in [0, 0.05) is 10.6 Å². The molecule has 8 heteroatoms. The summed E-state index contributed by atoms with van der Waals surface area (Å²) in [6.07, 6.45) is 1.49. The van der Waals surface area contributed by atoms with E-state index in [9.17, 15) is 4.79 Å². The summed E-state index contributed by atoms with van der Waals surface area (Å²) in [6.45, 7) is 0. The quantitative estimate of drug-likeness (QED) is 0.304. The molecule has 0 bridgehead atoms. The Balaban J connectivity index is 1.71. The third-order valence-corrected chi connectivity index (χ3v) is 4.41. The molecule has 0 spiro atoms. The Morgan fingerprint density at radius 1 is 1.07 bits per heavy atom. The van der Waals surface area contributed by atoms with E-state index in [1.165, 1.54) is 13.3 Å². The summed E-state index contributed by atoms with van der Waals surface area (Å²) in [5, 5.41) is 5.23. The number of halogens is 3. The summed E-state index contributed by atoms with van der Waals surface area (Å²) in [7, 11) is 1.34. The summed E-state index contributed by atoms with van der Waals surface area (Å²) in [5.74, 6) is 0.769. The van der Waals surface area contributed by atoms with E-state index >= 15 is 0 Å². The summed E-state index contributed by atoms with van der Waals surface area (Å²) in [6, 6.07) is 13.6. The van der Waals surface area contributed by atoms with Crippen LogP contribution in [-0.4, -0.2) is 19.3 Å². The van der Waals surface area contributed by atoms with E-state index < -0.39 is 0 Å². The standard InChI is InChI=1S/C19H13Cl3N2O3/c1-26-19(25)12-4-2-11(3-5-12)17-7-6-14(27-17)10-23-24-18-15(21)8-13(20)9-16(18)22/h2-10,24H,1H3/b23-10-. The van der Waals surface area contributed by atoms with Crippen molar-refractivity contribution < 1.29 is 13.9 Å². The topological polar surface area (TPSA) is 63.8 Å². The molecule has 1 aromatic heterocycles. The number of ether oxygens (including phenoxy) is 1. The molecule has 138 valence electrons. The van der Waals surface area contributed by atoms with Gasteiger partial charge < -0.3 is 9.15 Å². The van der Waals surface area contributed by atoms with E-state index in [0.29, 0.717) is 37.8 Å². The van der Waals surface area contributed by atoms with Crippen LogP contribution in [0.15, 0.2) is 58.0 Å². The van der Waals surface area contributed by atoms with Gasteiger partial charge in [0.05, 0.1) is 34.6 Å². The first-order chi connectivity index (χ1) is 13.0. The Kier molecular flexibility index (Phi) is 6.06. The Bertz CT molecular complexity index is 975. The number of hydrogen-bond donors (Lipinski definition) is 1. The van der Waals surface area contributed by atoms with Gasteiger partial charge >= 0.3 is 5.97 Å². The number of nitrogens with one attached hydrogen (secondary N) is 1. The van der Waals surface area contributed by atoms with Gasteiger partial charge in [-0.2, -0.15) is 5.10 Å². The fourth-order valence-electron chi connectivity index (χ4n) is 2.28. The highest BCUT2D eigenvalue weighted by Crippen LogP contribution is 2.33. The first-order valence-corrected chi connectivity index (χ1v) is 8.83. The zero-order valence-corrected chi connectivity index (χ0v) is 16.3. The minimum Gasteiger partial charge on any atom is -0.465 e. The molecule has 5 nitrogen and oxygen atoms in total. The minimum atomic E-state index is -0.389. The predicted molar refractivity (Wildman–Crippen MR) is 108 cm³/mol. The van der Waals surface area contributed by atoms with Crippen molar-refractivity contribution in [3.63, 3.8) is 0 Å². The first-order valence-electron chi connectivity index (χ1n) is 7.70. The SMILES string of the molecule is COC(=O)c1ccc(-c2ccc(/C=N\Nc3c(Cl)cc(Cl)cc3Cl)o2)cc1. The second kappa shape index (κ2) is 8.48. The van der Waals surface area contributed by atoms with Gasteiger partial charge in [0.15, 0.2) is 0 Å². The lowest BCUT2D eigenvalue weighted by Gasteiger charge is -2.06. The minimum absolute atomic E-state index is 0.357. The number of hydrogen-bond acceptors (Lipinski definition) is 5. The number of anilines is 1. The lowest BCUT2D eigenvalue weighted by atomic mass is 10.1. The van der Waals surface area contributed by atoms with E-state index in [0.717, 1.165) is 5.56 Å². The van der Waals surface area contributed by atoms with Crippen LogP contribution in [0.4, 0.5) is 5.69 Å². The summed E-state index contributed by atoms with van der Waals surface area (Å²) in [5.41, 5.74) is 4.50. The molecule has 0 aliphatic rings. The molecule has 0 saturated carbocycles. The van der Waals surface area contributed by atoms with Crippen LogP contribution in [0.3, 0.4) is 0 Å². The smallest absolute Gasteiger partial charge is 0.337 e. The fraction of sp³-hybridized carbons (Fsp3) is 0.0526. The third-order valence-electron chi connectivity index (χ3n) is 3.59. The summed E-state index contributed by atoms with van der Waals surface area (Å²) >= 11 is 18.0. The first kappa shape index (κ1) is 19.3. The number of carbonyl (C=O) groups is 1. The van der Waals surface area contributed by atoms with Crippen molar-refractivity contribution in [3.8, 4) is 11.3 Å². The molecular formula is C19H13Cl3N2O3. The molecule has 0 unspecified atom stereocenters. The average Bonchev–Trinajstić information content (AvgIpc) is 3.12. The van der Waals surface area contributed by atoms with Crippen molar-refractivity contribution in [1.82, 2.24) is 0 Å². The highest BCUT2D eigenvalue weighted by Gasteiger charge is 2.09. The maximum Gasteiger partial charge on any atom is 0.337 e. The number of benzene rings is 2. The van der Waals surface area contributed by atoms with Gasteiger partial charge in [-0.05, 0) is 36.4 Å². The Hall–Kier alpha value is -2.47. The number of hydrazone groups is 1. The molecule has 0 atom stereocenters. The lowest BCUT2D eigenvalue weighted by molar-refractivity contribution is 0.0600. The van der Waals surface area contributed by atoms with Crippen LogP contribution in [-0.2, 0) is 4.74 Å². The Labute approximate surface area is 170 Å². The zero-order chi connectivity index (χ0) is 19.4. The van der Waals surface area contributed by atoms with Gasteiger partial charge in [-0.1, -0.05) is 46.9 Å². The molecule has 0 fully saturated rings. The average molecular weight is 424 g/mol. The van der Waals surface area contributed by atoms with E-state index in [2.05, 4.69) is 15.3 Å². The van der Waals surface area contributed by atoms with Crippen molar-refractivity contribution in [1.29, 1.82) is 0 Å². The lowest BCUT2D eigenvalue weighted by Crippen LogP contribution is -2.00. The molecule has 1 heterocycles. The summed E-state index contributed by atoms with van der Waals surface area (Å²) < 4.78 is 10.4. The van der Waals surface area contributed by atoms with Gasteiger partial charge in [0.2, 0.25) is 0 Å². The fourth-order valence-corrected chi connectivity index (χ4v) is 3.18. The van der Waals surface area contributed by atoms with Gasteiger partial charge in [0.25, 0.3) is 0 Å². The van der Waals surface area contributed by atoms with Crippen LogP contribution in [0, 0.1) is 0 Å². The number of furan rings is 1. The van der Waals surface area contributed by atoms with Crippen LogP contribution in [0.2, 0.25) is 15.1 Å². The van der Waals surface area contributed by atoms with Crippen LogP contribution in [0.25, 0.3) is 11.3 Å². The number of esters is 1. The zero-order valence-electron chi connectivity index (χ0n) is 14.0. The van der Waals surface area contributed by atoms with Crippen LogP contribution in [0.1, 0.15) is 16.1 Å². The van der Waals surface area contributed by atoms with Gasteiger partial charge in [-0.3, -0.25) is 5.43 Å². The van der Waals surface area contributed by atoms with Crippen molar-refractivity contribution in [2.45, 2.75) is 0 Å². The molecule has 0 aliphatic carbocycles. The second-order valence-electron chi connectivity index (χ2n) is 5.39. The largest absolute Gasteiger partial charge is 0.465 e. The van der Waals surface area contributed by atoms with Gasteiger partial charge in [-0.25, -0.2) is 4.79 Å². The molecule has 3 aromatic rings. The Morgan fingerprint density at radius 3 is 2.37 bits per heavy atom. The molecule has 0 saturated heterocycles. The van der Waals surface area contributed by atoms with Crippen molar-refractivity contribution in [3.05, 3.63) is 74.9 Å². The molecular weight excluding hydrogens is 411 g/mol.